The summed E-state index contributed by atoms with van der Waals surface area (Å²) in [4.78, 5) is 12.3. The molecule has 3 rings (SSSR count). The molecular weight excluding hydrogens is 391 g/mol. The lowest BCUT2D eigenvalue weighted by Crippen LogP contribution is -2.43. The van der Waals surface area contributed by atoms with Gasteiger partial charge in [-0.05, 0) is 48.6 Å². The van der Waals surface area contributed by atoms with Crippen molar-refractivity contribution >= 4 is 27.3 Å². The number of ether oxygens (including phenoxy) is 1. The van der Waals surface area contributed by atoms with Crippen LogP contribution in [0.3, 0.4) is 0 Å². The van der Waals surface area contributed by atoms with Crippen LogP contribution in [-0.4, -0.2) is 44.9 Å². The monoisotopic (exact) mass is 412 g/mol. The van der Waals surface area contributed by atoms with E-state index in [0.29, 0.717) is 42.4 Å². The topological polar surface area (TPSA) is 75.7 Å². The van der Waals surface area contributed by atoms with Crippen molar-refractivity contribution < 1.29 is 22.3 Å². The molecule has 6 nitrogen and oxygen atoms in total. The summed E-state index contributed by atoms with van der Waals surface area (Å²) < 4.78 is 45.0. The minimum absolute atomic E-state index is 0.0918. The smallest absolute Gasteiger partial charge is 0.252 e. The highest BCUT2D eigenvalue weighted by Gasteiger charge is 2.32. The number of nitrogens with one attached hydrogen (secondary N) is 1. The van der Waals surface area contributed by atoms with Crippen molar-refractivity contribution in [1.29, 1.82) is 0 Å². The molecule has 0 radical (unpaired) electrons. The molecule has 2 heterocycles. The van der Waals surface area contributed by atoms with Crippen LogP contribution in [0, 0.1) is 11.7 Å². The summed E-state index contributed by atoms with van der Waals surface area (Å²) in [7, 11) is -3.45. The van der Waals surface area contributed by atoms with Crippen LogP contribution in [0.15, 0.2) is 46.0 Å². The van der Waals surface area contributed by atoms with Gasteiger partial charge < -0.3 is 10.1 Å². The quantitative estimate of drug-likeness (QED) is 0.709. The fourth-order valence-electron chi connectivity index (χ4n) is 2.91. The molecule has 1 N–H and O–H groups in total. The zero-order chi connectivity index (χ0) is 19.3. The van der Waals surface area contributed by atoms with Crippen molar-refractivity contribution in [2.45, 2.75) is 17.1 Å². The Morgan fingerprint density at radius 2 is 1.93 bits per heavy atom. The van der Waals surface area contributed by atoms with Gasteiger partial charge in [0.2, 0.25) is 5.91 Å². The van der Waals surface area contributed by atoms with E-state index in [9.17, 15) is 17.6 Å². The van der Waals surface area contributed by atoms with E-state index < -0.39 is 10.0 Å². The van der Waals surface area contributed by atoms with Crippen LogP contribution < -0.4 is 10.1 Å². The van der Waals surface area contributed by atoms with Gasteiger partial charge in [-0.2, -0.15) is 4.31 Å². The first-order valence-electron chi connectivity index (χ1n) is 8.66. The summed E-state index contributed by atoms with van der Waals surface area (Å²) in [6, 6.07) is 8.99. The number of sulfonamides is 1. The Kier molecular flexibility index (Phi) is 6.46. The number of carbonyl (C=O) groups is 1. The maximum absolute atomic E-state index is 12.8. The van der Waals surface area contributed by atoms with Gasteiger partial charge >= 0.3 is 0 Å². The third-order valence-electron chi connectivity index (χ3n) is 4.40. The summed E-state index contributed by atoms with van der Waals surface area (Å²) in [5.41, 5.74) is 0. The van der Waals surface area contributed by atoms with Crippen molar-refractivity contribution in [3.8, 4) is 5.75 Å². The summed E-state index contributed by atoms with van der Waals surface area (Å²) >= 11 is 1.20. The number of nitrogens with zero attached hydrogens (tertiary/aromatic N) is 1. The summed E-state index contributed by atoms with van der Waals surface area (Å²) in [6.45, 7) is 1.29. The largest absolute Gasteiger partial charge is 0.492 e. The number of amides is 1. The van der Waals surface area contributed by atoms with E-state index in [1.165, 1.54) is 39.9 Å². The Morgan fingerprint density at radius 3 is 2.56 bits per heavy atom. The molecular formula is C18H21FN2O4S2. The average Bonchev–Trinajstić information content (AvgIpc) is 3.22. The van der Waals surface area contributed by atoms with Crippen molar-refractivity contribution in [2.24, 2.45) is 5.92 Å². The predicted molar refractivity (Wildman–Crippen MR) is 101 cm³/mol. The molecule has 146 valence electrons. The molecule has 9 heteroatoms. The molecule has 1 aromatic carbocycles. The van der Waals surface area contributed by atoms with E-state index in [1.54, 1.807) is 17.5 Å². The molecule has 0 spiro atoms. The Labute approximate surface area is 162 Å². The molecule has 0 saturated carbocycles. The minimum atomic E-state index is -3.45. The molecule has 1 amide bonds. The second-order valence-corrected chi connectivity index (χ2v) is 9.32. The van der Waals surface area contributed by atoms with E-state index >= 15 is 0 Å². The van der Waals surface area contributed by atoms with Crippen molar-refractivity contribution in [3.63, 3.8) is 0 Å². The third kappa shape index (κ3) is 5.06. The Hall–Kier alpha value is -1.97. The van der Waals surface area contributed by atoms with Crippen LogP contribution >= 0.6 is 11.3 Å². The number of hydrogen-bond acceptors (Lipinski definition) is 5. The van der Waals surface area contributed by atoms with Crippen LogP contribution in [0.2, 0.25) is 0 Å². The fraction of sp³-hybridized carbons (Fsp3) is 0.389. The number of rotatable bonds is 7. The molecule has 0 atom stereocenters. The van der Waals surface area contributed by atoms with Gasteiger partial charge in [0.05, 0.1) is 6.54 Å². The standard InChI is InChI=1S/C18H21FN2O4S2/c19-15-3-5-16(6-4-15)25-12-9-20-18(22)14-7-10-21(11-8-14)27(23,24)17-2-1-13-26-17/h1-6,13-14H,7-12H2,(H,20,22). The highest BCUT2D eigenvalue weighted by Crippen LogP contribution is 2.26. The van der Waals surface area contributed by atoms with Gasteiger partial charge in [-0.25, -0.2) is 12.8 Å². The molecule has 0 bridgehead atoms. The zero-order valence-electron chi connectivity index (χ0n) is 14.6. The molecule has 0 unspecified atom stereocenters. The lowest BCUT2D eigenvalue weighted by molar-refractivity contribution is -0.126. The Bertz CT molecular complexity index is 846. The van der Waals surface area contributed by atoms with Gasteiger partial charge in [-0.1, -0.05) is 6.07 Å². The number of benzene rings is 1. The van der Waals surface area contributed by atoms with Crippen LogP contribution in [-0.2, 0) is 14.8 Å². The van der Waals surface area contributed by atoms with Crippen LogP contribution in [0.4, 0.5) is 4.39 Å². The van der Waals surface area contributed by atoms with Gasteiger partial charge in [0.1, 0.15) is 22.4 Å². The molecule has 1 aromatic heterocycles. The maximum atomic E-state index is 12.8. The van der Waals surface area contributed by atoms with Crippen molar-refractivity contribution in [3.05, 3.63) is 47.6 Å². The SMILES string of the molecule is O=C(NCCOc1ccc(F)cc1)C1CCN(S(=O)(=O)c2cccs2)CC1. The zero-order valence-corrected chi connectivity index (χ0v) is 16.3. The normalized spacial score (nSPS) is 16.2. The highest BCUT2D eigenvalue weighted by atomic mass is 32.2. The fourth-order valence-corrected chi connectivity index (χ4v) is 5.53. The second-order valence-electron chi connectivity index (χ2n) is 6.20. The van der Waals surface area contributed by atoms with E-state index in [1.807, 2.05) is 0 Å². The number of thiophene rings is 1. The van der Waals surface area contributed by atoms with Crippen LogP contribution in [0.5, 0.6) is 5.75 Å². The van der Waals surface area contributed by atoms with Gasteiger partial charge in [0.25, 0.3) is 10.0 Å². The molecule has 2 aromatic rings. The van der Waals surface area contributed by atoms with Gasteiger partial charge in [0, 0.05) is 19.0 Å². The summed E-state index contributed by atoms with van der Waals surface area (Å²) in [5.74, 6) is -0.0858. The number of carbonyl (C=O) groups excluding carboxylic acids is 1. The molecule has 1 fully saturated rings. The van der Waals surface area contributed by atoms with Gasteiger partial charge in [-0.3, -0.25) is 4.79 Å². The molecule has 1 saturated heterocycles. The molecule has 1 aliphatic rings. The van der Waals surface area contributed by atoms with E-state index in [4.69, 9.17) is 4.74 Å². The predicted octanol–water partition coefficient (Wildman–Crippen LogP) is 2.48. The first-order valence-corrected chi connectivity index (χ1v) is 11.0. The third-order valence-corrected chi connectivity index (χ3v) is 7.67. The Morgan fingerprint density at radius 1 is 1.22 bits per heavy atom. The summed E-state index contributed by atoms with van der Waals surface area (Å²) in [5, 5.41) is 4.55. The van der Waals surface area contributed by atoms with E-state index in [-0.39, 0.29) is 24.2 Å². The Balaban J connectivity index is 1.40. The van der Waals surface area contributed by atoms with Crippen LogP contribution in [0.1, 0.15) is 12.8 Å². The van der Waals surface area contributed by atoms with Gasteiger partial charge in [-0.15, -0.1) is 11.3 Å². The first kappa shape index (κ1) is 19.8. The highest BCUT2D eigenvalue weighted by molar-refractivity contribution is 7.91. The maximum Gasteiger partial charge on any atom is 0.252 e. The minimum Gasteiger partial charge on any atom is -0.492 e. The number of piperidine rings is 1. The van der Waals surface area contributed by atoms with Crippen molar-refractivity contribution in [1.82, 2.24) is 9.62 Å². The van der Waals surface area contributed by atoms with E-state index in [0.717, 1.165) is 0 Å². The molecule has 27 heavy (non-hydrogen) atoms. The average molecular weight is 413 g/mol. The van der Waals surface area contributed by atoms with Gasteiger partial charge in [0.15, 0.2) is 0 Å². The van der Waals surface area contributed by atoms with Crippen molar-refractivity contribution in [2.75, 3.05) is 26.2 Å². The molecule has 0 aliphatic carbocycles. The van der Waals surface area contributed by atoms with Crippen LogP contribution in [0.25, 0.3) is 0 Å². The number of hydrogen-bond donors (Lipinski definition) is 1. The lowest BCUT2D eigenvalue weighted by Gasteiger charge is -2.30. The first-order chi connectivity index (χ1) is 13.0. The summed E-state index contributed by atoms with van der Waals surface area (Å²) in [6.07, 6.45) is 0.991. The lowest BCUT2D eigenvalue weighted by atomic mass is 9.97. The number of halogens is 1. The van der Waals surface area contributed by atoms with E-state index in [2.05, 4.69) is 5.32 Å². The molecule has 1 aliphatic heterocycles. The second kappa shape index (κ2) is 8.81.